The van der Waals surface area contributed by atoms with Gasteiger partial charge in [-0.2, -0.15) is 0 Å². The second kappa shape index (κ2) is 6.14. The van der Waals surface area contributed by atoms with Gasteiger partial charge in [0, 0.05) is 17.5 Å². The van der Waals surface area contributed by atoms with Gasteiger partial charge in [0.15, 0.2) is 0 Å². The average Bonchev–Trinajstić information content (AvgIpc) is 3.14. The average molecular weight is 299 g/mol. The minimum absolute atomic E-state index is 0.0188. The number of amides is 1. The van der Waals surface area contributed by atoms with Gasteiger partial charge in [-0.3, -0.25) is 4.79 Å². The maximum atomic E-state index is 12.0. The molecule has 0 saturated heterocycles. The molecule has 0 spiro atoms. The van der Waals surface area contributed by atoms with Crippen molar-refractivity contribution in [2.24, 2.45) is 0 Å². The van der Waals surface area contributed by atoms with Gasteiger partial charge in [0.1, 0.15) is 5.76 Å². The fourth-order valence-corrected chi connectivity index (χ4v) is 3.47. The Hall–Kier alpha value is -2.07. The Balaban J connectivity index is 1.63. The van der Waals surface area contributed by atoms with Crippen molar-refractivity contribution in [3.8, 4) is 0 Å². The summed E-state index contributed by atoms with van der Waals surface area (Å²) in [5.41, 5.74) is 1.18. The summed E-state index contributed by atoms with van der Waals surface area (Å²) in [6, 6.07) is 12.0. The molecule has 21 heavy (non-hydrogen) atoms. The van der Waals surface area contributed by atoms with Crippen LogP contribution in [0, 0.1) is 0 Å². The zero-order chi connectivity index (χ0) is 14.7. The van der Waals surface area contributed by atoms with Crippen molar-refractivity contribution in [1.29, 1.82) is 0 Å². The predicted octanol–water partition coefficient (Wildman–Crippen LogP) is 4.30. The minimum Gasteiger partial charge on any atom is -0.469 e. The maximum absolute atomic E-state index is 12.0. The van der Waals surface area contributed by atoms with Gasteiger partial charge in [0.2, 0.25) is 5.91 Å². The van der Waals surface area contributed by atoms with Crippen LogP contribution in [-0.2, 0) is 11.2 Å². The van der Waals surface area contributed by atoms with Gasteiger partial charge < -0.3 is 9.73 Å². The molecule has 1 unspecified atom stereocenters. The molecule has 3 aromatic rings. The number of carbonyl (C=O) groups is 1. The third kappa shape index (κ3) is 3.16. The number of furan rings is 1. The largest absolute Gasteiger partial charge is 0.469 e. The molecule has 0 aliphatic rings. The molecule has 3 rings (SSSR count). The van der Waals surface area contributed by atoms with Gasteiger partial charge in [-0.1, -0.05) is 18.2 Å². The topological polar surface area (TPSA) is 42.2 Å². The van der Waals surface area contributed by atoms with Crippen LogP contribution < -0.4 is 5.32 Å². The van der Waals surface area contributed by atoms with Gasteiger partial charge in [-0.25, -0.2) is 0 Å². The van der Waals surface area contributed by atoms with Crippen molar-refractivity contribution in [3.05, 3.63) is 59.4 Å². The molecule has 0 radical (unpaired) electrons. The van der Waals surface area contributed by atoms with Crippen molar-refractivity contribution in [3.63, 3.8) is 0 Å². The van der Waals surface area contributed by atoms with E-state index in [0.717, 1.165) is 5.76 Å². The van der Waals surface area contributed by atoms with Crippen molar-refractivity contribution >= 4 is 27.3 Å². The molecule has 1 N–H and O–H groups in total. The van der Waals surface area contributed by atoms with E-state index in [9.17, 15) is 4.79 Å². The summed E-state index contributed by atoms with van der Waals surface area (Å²) in [6.07, 6.45) is 2.71. The van der Waals surface area contributed by atoms with Crippen LogP contribution >= 0.6 is 11.3 Å². The van der Waals surface area contributed by atoms with Crippen LogP contribution in [0.5, 0.6) is 0 Å². The predicted molar refractivity (Wildman–Crippen MR) is 85.4 cm³/mol. The molecule has 108 valence electrons. The molecule has 3 nitrogen and oxygen atoms in total. The van der Waals surface area contributed by atoms with Gasteiger partial charge in [-0.05, 0) is 41.5 Å². The summed E-state index contributed by atoms with van der Waals surface area (Å²) >= 11 is 1.71. The third-order valence-corrected chi connectivity index (χ3v) is 4.52. The Kier molecular flexibility index (Phi) is 4.06. The van der Waals surface area contributed by atoms with E-state index in [1.807, 2.05) is 31.2 Å². The van der Waals surface area contributed by atoms with Crippen LogP contribution in [0.25, 0.3) is 10.1 Å². The zero-order valence-corrected chi connectivity index (χ0v) is 12.7. The lowest BCUT2D eigenvalue weighted by Gasteiger charge is -2.13. The van der Waals surface area contributed by atoms with E-state index in [-0.39, 0.29) is 11.9 Å². The van der Waals surface area contributed by atoms with Crippen LogP contribution in [0.1, 0.15) is 30.7 Å². The summed E-state index contributed by atoms with van der Waals surface area (Å²) in [5.74, 6) is 0.896. The van der Waals surface area contributed by atoms with Crippen molar-refractivity contribution in [2.45, 2.75) is 25.8 Å². The molecule has 0 fully saturated rings. The Labute approximate surface area is 127 Å². The second-order valence-corrected chi connectivity index (χ2v) is 5.97. The number of carbonyl (C=O) groups excluding carboxylic acids is 1. The van der Waals surface area contributed by atoms with Gasteiger partial charge in [0.05, 0.1) is 12.3 Å². The zero-order valence-electron chi connectivity index (χ0n) is 11.8. The number of thiophene rings is 1. The number of hydrogen-bond donors (Lipinski definition) is 1. The normalized spacial score (nSPS) is 12.4. The number of rotatable bonds is 5. The number of hydrogen-bond acceptors (Lipinski definition) is 3. The van der Waals surface area contributed by atoms with Gasteiger partial charge >= 0.3 is 0 Å². The molecule has 0 aliphatic carbocycles. The van der Waals surface area contributed by atoms with Crippen LogP contribution in [0.4, 0.5) is 0 Å². The Morgan fingerprint density at radius 3 is 2.95 bits per heavy atom. The highest BCUT2D eigenvalue weighted by atomic mass is 32.1. The molecule has 0 bridgehead atoms. The summed E-state index contributed by atoms with van der Waals surface area (Å²) in [5, 5.41) is 6.41. The highest BCUT2D eigenvalue weighted by Crippen LogP contribution is 2.30. The molecular formula is C17H17NO2S. The number of benzene rings is 1. The maximum Gasteiger partial charge on any atom is 0.220 e. The SMILES string of the molecule is CC(NC(=O)CCc1ccco1)c1csc2ccccc12. The van der Waals surface area contributed by atoms with Crippen molar-refractivity contribution < 1.29 is 9.21 Å². The number of nitrogens with one attached hydrogen (secondary N) is 1. The lowest BCUT2D eigenvalue weighted by molar-refractivity contribution is -0.121. The Morgan fingerprint density at radius 2 is 2.14 bits per heavy atom. The molecule has 2 aromatic heterocycles. The Bertz CT molecular complexity index is 730. The van der Waals surface area contributed by atoms with E-state index in [1.54, 1.807) is 17.6 Å². The van der Waals surface area contributed by atoms with Crippen molar-refractivity contribution in [1.82, 2.24) is 5.32 Å². The first-order valence-electron chi connectivity index (χ1n) is 7.02. The fourth-order valence-electron chi connectivity index (χ4n) is 2.42. The van der Waals surface area contributed by atoms with E-state index in [4.69, 9.17) is 4.42 Å². The molecule has 2 heterocycles. The van der Waals surface area contributed by atoms with Gasteiger partial charge in [0.25, 0.3) is 0 Å². The number of fused-ring (bicyclic) bond motifs is 1. The smallest absolute Gasteiger partial charge is 0.220 e. The molecule has 1 aromatic carbocycles. The lowest BCUT2D eigenvalue weighted by Crippen LogP contribution is -2.26. The first kappa shape index (κ1) is 13.9. The lowest BCUT2D eigenvalue weighted by atomic mass is 10.1. The van der Waals surface area contributed by atoms with Crippen LogP contribution in [-0.4, -0.2) is 5.91 Å². The quantitative estimate of drug-likeness (QED) is 0.763. The van der Waals surface area contributed by atoms with Crippen LogP contribution in [0.3, 0.4) is 0 Å². The summed E-state index contributed by atoms with van der Waals surface area (Å²) in [6.45, 7) is 2.03. The first-order chi connectivity index (χ1) is 10.2. The summed E-state index contributed by atoms with van der Waals surface area (Å²) in [7, 11) is 0. The van der Waals surface area contributed by atoms with E-state index >= 15 is 0 Å². The Morgan fingerprint density at radius 1 is 1.29 bits per heavy atom. The van der Waals surface area contributed by atoms with E-state index in [0.29, 0.717) is 12.8 Å². The highest BCUT2D eigenvalue weighted by Gasteiger charge is 2.14. The van der Waals surface area contributed by atoms with Crippen LogP contribution in [0.15, 0.2) is 52.5 Å². The molecule has 0 saturated carbocycles. The van der Waals surface area contributed by atoms with Gasteiger partial charge in [-0.15, -0.1) is 11.3 Å². The summed E-state index contributed by atoms with van der Waals surface area (Å²) < 4.78 is 6.49. The molecular weight excluding hydrogens is 282 g/mol. The van der Waals surface area contributed by atoms with E-state index < -0.39 is 0 Å². The molecule has 4 heteroatoms. The summed E-state index contributed by atoms with van der Waals surface area (Å²) in [4.78, 5) is 12.0. The fraction of sp³-hybridized carbons (Fsp3) is 0.235. The minimum atomic E-state index is 0.0188. The van der Waals surface area contributed by atoms with E-state index in [1.165, 1.54) is 15.6 Å². The highest BCUT2D eigenvalue weighted by molar-refractivity contribution is 7.17. The standard InChI is InChI=1S/C17H17NO2S/c1-12(15-11-21-16-7-3-2-6-14(15)16)18-17(19)9-8-13-5-4-10-20-13/h2-7,10-12H,8-9H2,1H3,(H,18,19). The third-order valence-electron chi connectivity index (χ3n) is 3.53. The monoisotopic (exact) mass is 299 g/mol. The molecule has 0 aliphatic heterocycles. The molecule has 1 amide bonds. The molecule has 1 atom stereocenters. The van der Waals surface area contributed by atoms with Crippen molar-refractivity contribution in [2.75, 3.05) is 0 Å². The second-order valence-electron chi connectivity index (χ2n) is 5.06. The van der Waals surface area contributed by atoms with E-state index in [2.05, 4.69) is 22.8 Å². The number of aryl methyl sites for hydroxylation is 1. The first-order valence-corrected chi connectivity index (χ1v) is 7.90. The van der Waals surface area contributed by atoms with Crippen LogP contribution in [0.2, 0.25) is 0 Å².